The maximum atomic E-state index is 12.4. The van der Waals surface area contributed by atoms with E-state index < -0.39 is 12.5 Å². The third kappa shape index (κ3) is 1.45. The summed E-state index contributed by atoms with van der Waals surface area (Å²) in [7, 11) is 0. The van der Waals surface area contributed by atoms with E-state index in [4.69, 9.17) is 11.6 Å². The third-order valence-corrected chi connectivity index (χ3v) is 1.43. The number of hydrogen-bond acceptors (Lipinski definition) is 0. The van der Waals surface area contributed by atoms with Crippen LogP contribution < -0.4 is 0 Å². The molecule has 0 amide bonds. The van der Waals surface area contributed by atoms with Gasteiger partial charge < -0.3 is 0 Å². The Balaban J connectivity index is 3.04. The molecule has 0 N–H and O–H groups in total. The van der Waals surface area contributed by atoms with Crippen LogP contribution in [0.2, 0.25) is 5.02 Å². The van der Waals surface area contributed by atoms with Crippen LogP contribution in [0.1, 0.15) is 5.56 Å². The molecular formula is C7H5ClF2. The second-order valence-electron chi connectivity index (χ2n) is 1.88. The predicted molar refractivity (Wildman–Crippen MR) is 36.2 cm³/mol. The zero-order chi connectivity index (χ0) is 7.56. The fraction of sp³-hybridized carbons (Fsp3) is 0.143. The van der Waals surface area contributed by atoms with E-state index in [9.17, 15) is 8.78 Å². The van der Waals surface area contributed by atoms with Crippen LogP contribution in [0.4, 0.5) is 8.78 Å². The molecule has 0 spiro atoms. The largest absolute Gasteiger partial charge is 0.246 e. The summed E-state index contributed by atoms with van der Waals surface area (Å²) in [5.74, 6) is -0.515. The molecule has 0 aliphatic rings. The smallest absolute Gasteiger partial charge is 0.141 e. The molecular weight excluding hydrogens is 158 g/mol. The molecule has 0 nitrogen and oxygen atoms in total. The summed E-state index contributed by atoms with van der Waals surface area (Å²) in [5.41, 5.74) is 0.395. The van der Waals surface area contributed by atoms with E-state index >= 15 is 0 Å². The Labute approximate surface area is 62.4 Å². The third-order valence-electron chi connectivity index (χ3n) is 1.14. The lowest BCUT2D eigenvalue weighted by Crippen LogP contribution is -1.80. The summed E-state index contributed by atoms with van der Waals surface area (Å²) in [4.78, 5) is 0. The van der Waals surface area contributed by atoms with Gasteiger partial charge in [0.2, 0.25) is 0 Å². The van der Waals surface area contributed by atoms with Gasteiger partial charge in [-0.1, -0.05) is 17.7 Å². The van der Waals surface area contributed by atoms with Gasteiger partial charge in [-0.05, 0) is 17.7 Å². The summed E-state index contributed by atoms with van der Waals surface area (Å²) < 4.78 is 24.2. The van der Waals surface area contributed by atoms with Crippen molar-refractivity contribution in [1.82, 2.24) is 0 Å². The molecule has 0 saturated heterocycles. The molecule has 0 saturated carbocycles. The fourth-order valence-corrected chi connectivity index (χ4v) is 0.826. The Kier molecular flexibility index (Phi) is 2.22. The first-order chi connectivity index (χ1) is 4.74. The Hall–Kier alpha value is -0.630. The normalized spacial score (nSPS) is 9.90. The molecule has 54 valence electrons. The lowest BCUT2D eigenvalue weighted by Gasteiger charge is -1.95. The molecule has 1 aromatic rings. The van der Waals surface area contributed by atoms with Gasteiger partial charge >= 0.3 is 0 Å². The van der Waals surface area contributed by atoms with Gasteiger partial charge in [0, 0.05) is 0 Å². The van der Waals surface area contributed by atoms with E-state index in [0.717, 1.165) is 6.07 Å². The van der Waals surface area contributed by atoms with Crippen molar-refractivity contribution in [3.05, 3.63) is 34.6 Å². The van der Waals surface area contributed by atoms with Crippen LogP contribution in [-0.4, -0.2) is 0 Å². The van der Waals surface area contributed by atoms with Crippen molar-refractivity contribution < 1.29 is 8.78 Å². The van der Waals surface area contributed by atoms with Gasteiger partial charge in [-0.15, -0.1) is 0 Å². The molecule has 0 aliphatic carbocycles. The van der Waals surface area contributed by atoms with E-state index in [2.05, 4.69) is 0 Å². The molecule has 0 radical (unpaired) electrons. The highest BCUT2D eigenvalue weighted by Gasteiger charge is 1.98. The second-order valence-corrected chi connectivity index (χ2v) is 2.29. The highest BCUT2D eigenvalue weighted by atomic mass is 35.5. The van der Waals surface area contributed by atoms with E-state index in [-0.39, 0.29) is 5.02 Å². The average Bonchev–Trinajstić information content (AvgIpc) is 1.95. The first kappa shape index (κ1) is 7.48. The van der Waals surface area contributed by atoms with Crippen LogP contribution in [0.25, 0.3) is 0 Å². The van der Waals surface area contributed by atoms with Gasteiger partial charge in [0.25, 0.3) is 0 Å². The summed E-state index contributed by atoms with van der Waals surface area (Å²) in [6.07, 6.45) is 0. The molecule has 1 aromatic carbocycles. The number of rotatable bonds is 1. The van der Waals surface area contributed by atoms with Gasteiger partial charge in [0.1, 0.15) is 12.5 Å². The zero-order valence-corrected chi connectivity index (χ0v) is 5.83. The lowest BCUT2D eigenvalue weighted by molar-refractivity contribution is 0.484. The van der Waals surface area contributed by atoms with Crippen molar-refractivity contribution in [2.24, 2.45) is 0 Å². The van der Waals surface area contributed by atoms with Gasteiger partial charge in [-0.3, -0.25) is 0 Å². The van der Waals surface area contributed by atoms with Crippen LogP contribution in [0.3, 0.4) is 0 Å². The molecule has 0 bridgehead atoms. The number of alkyl halides is 1. The minimum atomic E-state index is -0.611. The van der Waals surface area contributed by atoms with Gasteiger partial charge in [0.05, 0.1) is 5.02 Å². The summed E-state index contributed by atoms with van der Waals surface area (Å²) in [6.45, 7) is -0.611. The molecule has 0 heterocycles. The monoisotopic (exact) mass is 162 g/mol. The van der Waals surface area contributed by atoms with Crippen molar-refractivity contribution in [3.8, 4) is 0 Å². The molecule has 3 heteroatoms. The second kappa shape index (κ2) is 2.97. The summed E-state index contributed by atoms with van der Waals surface area (Å²) in [5, 5.41) is -0.0323. The van der Waals surface area contributed by atoms with E-state index in [1.165, 1.54) is 12.1 Å². The van der Waals surface area contributed by atoms with Crippen molar-refractivity contribution in [2.45, 2.75) is 6.67 Å². The summed E-state index contributed by atoms with van der Waals surface area (Å²) >= 11 is 5.35. The van der Waals surface area contributed by atoms with Crippen LogP contribution in [0.5, 0.6) is 0 Å². The first-order valence-corrected chi connectivity index (χ1v) is 3.11. The predicted octanol–water partition coefficient (Wildman–Crippen LogP) is 2.95. The van der Waals surface area contributed by atoms with E-state index in [1.54, 1.807) is 0 Å². The quantitative estimate of drug-likeness (QED) is 0.596. The maximum absolute atomic E-state index is 12.4. The van der Waals surface area contributed by atoms with Gasteiger partial charge in [-0.2, -0.15) is 0 Å². The maximum Gasteiger partial charge on any atom is 0.141 e. The van der Waals surface area contributed by atoms with Crippen molar-refractivity contribution in [2.75, 3.05) is 0 Å². The number of halogens is 3. The van der Waals surface area contributed by atoms with E-state index in [1.807, 2.05) is 0 Å². The van der Waals surface area contributed by atoms with Crippen molar-refractivity contribution >= 4 is 11.6 Å². The highest BCUT2D eigenvalue weighted by molar-refractivity contribution is 6.30. The standard InChI is InChI=1S/C7H5ClF2/c8-6-3-5(4-9)1-2-7(6)10/h1-3H,4H2. The number of benzene rings is 1. The van der Waals surface area contributed by atoms with E-state index in [0.29, 0.717) is 5.56 Å². The Bertz CT molecular complexity index is 235. The number of hydrogen-bond donors (Lipinski definition) is 0. The first-order valence-electron chi connectivity index (χ1n) is 2.74. The Morgan fingerprint density at radius 1 is 1.40 bits per heavy atom. The van der Waals surface area contributed by atoms with Crippen molar-refractivity contribution in [3.63, 3.8) is 0 Å². The lowest BCUT2D eigenvalue weighted by atomic mass is 10.2. The molecule has 1 rings (SSSR count). The highest BCUT2D eigenvalue weighted by Crippen LogP contribution is 2.16. The molecule has 0 unspecified atom stereocenters. The minimum Gasteiger partial charge on any atom is -0.246 e. The minimum absolute atomic E-state index is 0.0323. The molecule has 0 atom stereocenters. The topological polar surface area (TPSA) is 0 Å². The van der Waals surface area contributed by atoms with Crippen LogP contribution in [-0.2, 0) is 6.67 Å². The van der Waals surface area contributed by atoms with Gasteiger partial charge in [0.15, 0.2) is 0 Å². The van der Waals surface area contributed by atoms with Crippen LogP contribution in [0.15, 0.2) is 18.2 Å². The molecule has 0 fully saturated rings. The zero-order valence-electron chi connectivity index (χ0n) is 5.07. The molecule has 0 aliphatic heterocycles. The molecule has 10 heavy (non-hydrogen) atoms. The molecule has 0 aromatic heterocycles. The van der Waals surface area contributed by atoms with Crippen molar-refractivity contribution in [1.29, 1.82) is 0 Å². The van der Waals surface area contributed by atoms with Crippen LogP contribution in [0, 0.1) is 5.82 Å². The fourth-order valence-electron chi connectivity index (χ4n) is 0.623. The van der Waals surface area contributed by atoms with Gasteiger partial charge in [-0.25, -0.2) is 8.78 Å². The average molecular weight is 163 g/mol. The Morgan fingerprint density at radius 3 is 2.60 bits per heavy atom. The van der Waals surface area contributed by atoms with Crippen LogP contribution >= 0.6 is 11.6 Å². The summed E-state index contributed by atoms with van der Waals surface area (Å²) in [6, 6.07) is 3.79. The SMILES string of the molecule is FCc1ccc(F)c(Cl)c1. The Morgan fingerprint density at radius 2 is 2.10 bits per heavy atom.